The molecule has 1 aliphatic heterocycles. The number of hydrogen-bond donors (Lipinski definition) is 2. The van der Waals surface area contributed by atoms with Gasteiger partial charge in [-0.05, 0) is 26.2 Å². The summed E-state index contributed by atoms with van der Waals surface area (Å²) in [5.74, 6) is -0.138. The molecule has 1 heterocycles. The van der Waals surface area contributed by atoms with Gasteiger partial charge in [0.15, 0.2) is 0 Å². The van der Waals surface area contributed by atoms with Crippen LogP contribution in [0.4, 0.5) is 13.2 Å². The van der Waals surface area contributed by atoms with Gasteiger partial charge in [0.1, 0.15) is 6.04 Å². The van der Waals surface area contributed by atoms with E-state index in [1.54, 1.807) is 7.11 Å². The summed E-state index contributed by atoms with van der Waals surface area (Å²) in [6.07, 6.45) is -2.92. The van der Waals surface area contributed by atoms with E-state index < -0.39 is 12.2 Å². The molecule has 1 saturated heterocycles. The fourth-order valence-electron chi connectivity index (χ4n) is 2.01. The Kier molecular flexibility index (Phi) is 6.06. The number of piperidine rings is 1. The first kappa shape index (κ1) is 16.2. The van der Waals surface area contributed by atoms with Gasteiger partial charge in [0.05, 0.1) is 6.10 Å². The molecule has 3 unspecified atom stereocenters. The molecule has 1 rings (SSSR count). The zero-order valence-corrected chi connectivity index (χ0v) is 11.2. The smallest absolute Gasteiger partial charge is 0.382 e. The highest BCUT2D eigenvalue weighted by atomic mass is 19.4. The van der Waals surface area contributed by atoms with Gasteiger partial charge in [-0.1, -0.05) is 0 Å². The van der Waals surface area contributed by atoms with E-state index in [0.717, 1.165) is 0 Å². The van der Waals surface area contributed by atoms with Crippen molar-refractivity contribution >= 4 is 5.91 Å². The lowest BCUT2D eigenvalue weighted by molar-refractivity contribution is -0.161. The molecule has 0 saturated carbocycles. The Balaban J connectivity index is 2.24. The molecule has 19 heavy (non-hydrogen) atoms. The molecule has 7 heteroatoms. The summed E-state index contributed by atoms with van der Waals surface area (Å²) in [6, 6.07) is -1.67. The largest absolute Gasteiger partial charge is 0.403 e. The van der Waals surface area contributed by atoms with Gasteiger partial charge >= 0.3 is 6.18 Å². The Labute approximate surface area is 111 Å². The third kappa shape index (κ3) is 5.78. The Hall–Kier alpha value is -0.820. The molecule has 1 aliphatic rings. The molecule has 0 aromatic heterocycles. The van der Waals surface area contributed by atoms with Crippen molar-refractivity contribution in [3.63, 3.8) is 0 Å². The maximum Gasteiger partial charge on any atom is 0.403 e. The minimum Gasteiger partial charge on any atom is -0.382 e. The zero-order chi connectivity index (χ0) is 14.5. The highest BCUT2D eigenvalue weighted by molar-refractivity contribution is 5.76. The average molecular weight is 282 g/mol. The molecule has 0 radical (unpaired) electrons. The lowest BCUT2D eigenvalue weighted by Gasteiger charge is -2.31. The van der Waals surface area contributed by atoms with E-state index in [9.17, 15) is 18.0 Å². The highest BCUT2D eigenvalue weighted by Crippen LogP contribution is 2.26. The lowest BCUT2D eigenvalue weighted by atomic mass is 10.00. The van der Waals surface area contributed by atoms with E-state index in [1.807, 2.05) is 6.92 Å². The summed E-state index contributed by atoms with van der Waals surface area (Å²) >= 11 is 0. The molecule has 0 aliphatic carbocycles. The topological polar surface area (TPSA) is 50.4 Å². The van der Waals surface area contributed by atoms with Crippen molar-refractivity contribution in [2.45, 2.75) is 57.0 Å². The first-order valence-electron chi connectivity index (χ1n) is 6.45. The van der Waals surface area contributed by atoms with E-state index in [1.165, 1.54) is 0 Å². The van der Waals surface area contributed by atoms with Gasteiger partial charge in [0.25, 0.3) is 0 Å². The van der Waals surface area contributed by atoms with Crippen LogP contribution >= 0.6 is 0 Å². The van der Waals surface area contributed by atoms with E-state index in [-0.39, 0.29) is 31.0 Å². The number of nitrogens with one attached hydrogen (secondary N) is 2. The number of alkyl halides is 3. The number of carbonyl (C=O) groups is 1. The van der Waals surface area contributed by atoms with Crippen molar-refractivity contribution in [2.75, 3.05) is 13.7 Å². The summed E-state index contributed by atoms with van der Waals surface area (Å²) < 4.78 is 42.3. The fraction of sp³-hybridized carbons (Fsp3) is 0.917. The molecule has 0 aromatic carbocycles. The summed E-state index contributed by atoms with van der Waals surface area (Å²) in [4.78, 5) is 11.6. The van der Waals surface area contributed by atoms with E-state index in [0.29, 0.717) is 19.3 Å². The van der Waals surface area contributed by atoms with Crippen molar-refractivity contribution in [2.24, 2.45) is 0 Å². The van der Waals surface area contributed by atoms with Crippen molar-refractivity contribution in [3.8, 4) is 0 Å². The summed E-state index contributed by atoms with van der Waals surface area (Å²) in [5, 5.41) is 5.17. The number of carbonyl (C=O) groups excluding carboxylic acids is 1. The normalized spacial score (nSPS) is 25.9. The standard InChI is InChI=1S/C12H21F3N2O2/c1-8(19-2)3-6-11(18)17-9-4-5-10(16-7-9)12(13,14)15/h8-10,16H,3-7H2,1-2H3,(H,17,18). The van der Waals surface area contributed by atoms with Crippen molar-refractivity contribution in [1.29, 1.82) is 0 Å². The van der Waals surface area contributed by atoms with Crippen LogP contribution in [0.2, 0.25) is 0 Å². The number of rotatable bonds is 5. The predicted octanol–water partition coefficient (Wildman–Crippen LogP) is 1.60. The van der Waals surface area contributed by atoms with Crippen molar-refractivity contribution in [3.05, 3.63) is 0 Å². The SMILES string of the molecule is COC(C)CCC(=O)NC1CCC(C(F)(F)F)NC1. The van der Waals surface area contributed by atoms with Crippen LogP contribution in [0.3, 0.4) is 0 Å². The molecule has 0 aromatic rings. The van der Waals surface area contributed by atoms with Crippen LogP contribution < -0.4 is 10.6 Å². The fourth-order valence-corrected chi connectivity index (χ4v) is 2.01. The molecule has 1 fully saturated rings. The quantitative estimate of drug-likeness (QED) is 0.805. The molecular formula is C12H21F3N2O2. The Morgan fingerprint density at radius 2 is 2.16 bits per heavy atom. The van der Waals surface area contributed by atoms with Crippen LogP contribution in [-0.4, -0.2) is 43.9 Å². The van der Waals surface area contributed by atoms with Crippen LogP contribution in [0.5, 0.6) is 0 Å². The minimum atomic E-state index is -4.21. The maximum absolute atomic E-state index is 12.4. The number of hydrogen-bond acceptors (Lipinski definition) is 3. The van der Waals surface area contributed by atoms with Crippen molar-refractivity contribution in [1.82, 2.24) is 10.6 Å². The van der Waals surface area contributed by atoms with Crippen LogP contribution in [0, 0.1) is 0 Å². The van der Waals surface area contributed by atoms with Crippen LogP contribution in [0.15, 0.2) is 0 Å². The second-order valence-electron chi connectivity index (χ2n) is 4.93. The molecule has 112 valence electrons. The summed E-state index contributed by atoms with van der Waals surface area (Å²) in [7, 11) is 1.57. The minimum absolute atomic E-state index is 0.00290. The van der Waals surface area contributed by atoms with E-state index in [4.69, 9.17) is 4.74 Å². The van der Waals surface area contributed by atoms with Gasteiger partial charge in [-0.25, -0.2) is 0 Å². The molecule has 1 amide bonds. The number of amides is 1. The van der Waals surface area contributed by atoms with Crippen LogP contribution in [0.25, 0.3) is 0 Å². The van der Waals surface area contributed by atoms with Crippen LogP contribution in [-0.2, 0) is 9.53 Å². The number of methoxy groups -OCH3 is 1. The van der Waals surface area contributed by atoms with Gasteiger partial charge in [0, 0.05) is 26.1 Å². The second kappa shape index (κ2) is 7.09. The van der Waals surface area contributed by atoms with Gasteiger partial charge < -0.3 is 15.4 Å². The van der Waals surface area contributed by atoms with E-state index >= 15 is 0 Å². The summed E-state index contributed by atoms with van der Waals surface area (Å²) in [6.45, 7) is 2.03. The third-order valence-electron chi connectivity index (χ3n) is 3.35. The highest BCUT2D eigenvalue weighted by Gasteiger charge is 2.41. The molecule has 4 nitrogen and oxygen atoms in total. The molecule has 2 N–H and O–H groups in total. The first-order valence-corrected chi connectivity index (χ1v) is 6.45. The average Bonchev–Trinajstić information content (AvgIpc) is 2.35. The first-order chi connectivity index (χ1) is 8.82. The molecule has 0 spiro atoms. The Morgan fingerprint density at radius 3 is 2.63 bits per heavy atom. The van der Waals surface area contributed by atoms with Crippen LogP contribution in [0.1, 0.15) is 32.6 Å². The zero-order valence-electron chi connectivity index (χ0n) is 11.2. The van der Waals surface area contributed by atoms with Gasteiger partial charge in [-0.2, -0.15) is 13.2 Å². The van der Waals surface area contributed by atoms with Gasteiger partial charge in [-0.3, -0.25) is 4.79 Å². The van der Waals surface area contributed by atoms with E-state index in [2.05, 4.69) is 10.6 Å². The van der Waals surface area contributed by atoms with Gasteiger partial charge in [0.2, 0.25) is 5.91 Å². The predicted molar refractivity (Wildman–Crippen MR) is 64.7 cm³/mol. The maximum atomic E-state index is 12.4. The van der Waals surface area contributed by atoms with Gasteiger partial charge in [-0.15, -0.1) is 0 Å². The molecular weight excluding hydrogens is 261 g/mol. The Morgan fingerprint density at radius 1 is 1.47 bits per heavy atom. The monoisotopic (exact) mass is 282 g/mol. The lowest BCUT2D eigenvalue weighted by Crippen LogP contribution is -2.54. The molecule has 0 bridgehead atoms. The van der Waals surface area contributed by atoms with Crippen molar-refractivity contribution < 1.29 is 22.7 Å². The molecule has 3 atom stereocenters. The number of ether oxygens (including phenoxy) is 1. The number of halogens is 3. The Bertz CT molecular complexity index is 289. The summed E-state index contributed by atoms with van der Waals surface area (Å²) in [5.41, 5.74) is 0. The second-order valence-corrected chi connectivity index (χ2v) is 4.93. The third-order valence-corrected chi connectivity index (χ3v) is 3.35.